The number of unbranched alkanes of at least 4 members (excludes halogenated alkanes) is 2. The van der Waals surface area contributed by atoms with Gasteiger partial charge < -0.3 is 10.8 Å². The Hall–Kier alpha value is -0.540. The van der Waals surface area contributed by atoms with Gasteiger partial charge in [0.2, 0.25) is 0 Å². The smallest absolute Gasteiger partial charge is 0.120 e. The minimum absolute atomic E-state index is 0.0611. The number of benzene rings is 1. The number of phenols is 1. The zero-order chi connectivity index (χ0) is 11.3. The quantitative estimate of drug-likeness (QED) is 0.802. The predicted octanol–water partition coefficient (Wildman–Crippen LogP) is 3.73. The van der Waals surface area contributed by atoms with Crippen LogP contribution in [0, 0.1) is 0 Å². The average molecular weight is 272 g/mol. The van der Waals surface area contributed by atoms with E-state index >= 15 is 0 Å². The normalized spacial score (nSPS) is 12.7. The molecule has 1 rings (SSSR count). The molecule has 0 saturated heterocycles. The molecular formula is C12H18BrNO. The van der Waals surface area contributed by atoms with Gasteiger partial charge in [-0.25, -0.2) is 0 Å². The second kappa shape index (κ2) is 6.13. The van der Waals surface area contributed by atoms with Gasteiger partial charge in [-0.2, -0.15) is 0 Å². The fourth-order valence-corrected chi connectivity index (χ4v) is 1.97. The minimum atomic E-state index is -0.0611. The monoisotopic (exact) mass is 271 g/mol. The number of phenolic OH excluding ortho intramolecular Hbond substituents is 1. The summed E-state index contributed by atoms with van der Waals surface area (Å²) < 4.78 is 0.959. The Balaban J connectivity index is 2.64. The largest absolute Gasteiger partial charge is 0.508 e. The van der Waals surface area contributed by atoms with Crippen LogP contribution in [0.25, 0.3) is 0 Å². The molecule has 1 atom stereocenters. The molecule has 0 unspecified atom stereocenters. The van der Waals surface area contributed by atoms with Gasteiger partial charge in [0.15, 0.2) is 0 Å². The highest BCUT2D eigenvalue weighted by Crippen LogP contribution is 2.28. The SMILES string of the molecule is CCCCC[C@@H](N)c1cc(Br)ccc1O. The van der Waals surface area contributed by atoms with Crippen molar-refractivity contribution in [1.82, 2.24) is 0 Å². The van der Waals surface area contributed by atoms with E-state index in [9.17, 15) is 5.11 Å². The highest BCUT2D eigenvalue weighted by Gasteiger charge is 2.10. The molecule has 0 aromatic heterocycles. The molecule has 1 aromatic carbocycles. The average Bonchev–Trinajstić information content (AvgIpc) is 2.22. The van der Waals surface area contributed by atoms with Crippen molar-refractivity contribution in [3.63, 3.8) is 0 Å². The van der Waals surface area contributed by atoms with Crippen LogP contribution >= 0.6 is 15.9 Å². The second-order valence-electron chi connectivity index (χ2n) is 3.81. The molecule has 0 radical (unpaired) electrons. The molecule has 0 bridgehead atoms. The highest BCUT2D eigenvalue weighted by atomic mass is 79.9. The Labute approximate surface area is 99.6 Å². The molecule has 0 amide bonds. The summed E-state index contributed by atoms with van der Waals surface area (Å²) in [6.45, 7) is 2.17. The number of halogens is 1. The number of aromatic hydroxyl groups is 1. The summed E-state index contributed by atoms with van der Waals surface area (Å²) in [5.74, 6) is 0.294. The van der Waals surface area contributed by atoms with Gasteiger partial charge in [-0.3, -0.25) is 0 Å². The van der Waals surface area contributed by atoms with Crippen molar-refractivity contribution in [1.29, 1.82) is 0 Å². The summed E-state index contributed by atoms with van der Waals surface area (Å²) in [5.41, 5.74) is 6.86. The summed E-state index contributed by atoms with van der Waals surface area (Å²) in [7, 11) is 0. The third-order valence-corrected chi connectivity index (χ3v) is 3.00. The first-order chi connectivity index (χ1) is 7.15. The number of nitrogens with two attached hydrogens (primary N) is 1. The van der Waals surface area contributed by atoms with Gasteiger partial charge in [0.1, 0.15) is 5.75 Å². The Morgan fingerprint density at radius 1 is 1.40 bits per heavy atom. The molecule has 3 N–H and O–H groups in total. The Kier molecular flexibility index (Phi) is 5.12. The third kappa shape index (κ3) is 3.84. The van der Waals surface area contributed by atoms with Gasteiger partial charge in [0.05, 0.1) is 0 Å². The maximum atomic E-state index is 9.66. The fraction of sp³-hybridized carbons (Fsp3) is 0.500. The van der Waals surface area contributed by atoms with Crippen LogP contribution in [0.3, 0.4) is 0 Å². The Bertz CT molecular complexity index is 314. The van der Waals surface area contributed by atoms with Gasteiger partial charge in [-0.15, -0.1) is 0 Å². The highest BCUT2D eigenvalue weighted by molar-refractivity contribution is 9.10. The van der Waals surface area contributed by atoms with Crippen LogP contribution in [-0.4, -0.2) is 5.11 Å². The van der Waals surface area contributed by atoms with Gasteiger partial charge in [-0.05, 0) is 24.6 Å². The molecule has 3 heteroatoms. The number of hydrogen-bond donors (Lipinski definition) is 2. The van der Waals surface area contributed by atoms with Crippen LogP contribution in [0.4, 0.5) is 0 Å². The van der Waals surface area contributed by atoms with E-state index in [1.807, 2.05) is 12.1 Å². The topological polar surface area (TPSA) is 46.2 Å². The summed E-state index contributed by atoms with van der Waals surface area (Å²) in [4.78, 5) is 0. The van der Waals surface area contributed by atoms with E-state index in [4.69, 9.17) is 5.73 Å². The van der Waals surface area contributed by atoms with Crippen LogP contribution in [-0.2, 0) is 0 Å². The summed E-state index contributed by atoms with van der Waals surface area (Å²) in [6.07, 6.45) is 4.43. The lowest BCUT2D eigenvalue weighted by molar-refractivity contribution is 0.455. The lowest BCUT2D eigenvalue weighted by Crippen LogP contribution is -2.10. The van der Waals surface area contributed by atoms with E-state index in [2.05, 4.69) is 22.9 Å². The zero-order valence-corrected chi connectivity index (χ0v) is 10.6. The van der Waals surface area contributed by atoms with E-state index in [1.54, 1.807) is 6.07 Å². The first kappa shape index (κ1) is 12.5. The molecule has 0 aliphatic carbocycles. The van der Waals surface area contributed by atoms with Gasteiger partial charge in [0.25, 0.3) is 0 Å². The van der Waals surface area contributed by atoms with Crippen molar-refractivity contribution in [2.24, 2.45) is 5.73 Å². The molecular weight excluding hydrogens is 254 g/mol. The molecule has 0 aliphatic heterocycles. The molecule has 0 heterocycles. The van der Waals surface area contributed by atoms with Crippen molar-refractivity contribution in [2.75, 3.05) is 0 Å². The molecule has 15 heavy (non-hydrogen) atoms. The maximum Gasteiger partial charge on any atom is 0.120 e. The first-order valence-electron chi connectivity index (χ1n) is 5.39. The van der Waals surface area contributed by atoms with E-state index < -0.39 is 0 Å². The van der Waals surface area contributed by atoms with Crippen LogP contribution < -0.4 is 5.73 Å². The third-order valence-electron chi connectivity index (χ3n) is 2.51. The molecule has 0 saturated carbocycles. The maximum absolute atomic E-state index is 9.66. The zero-order valence-electron chi connectivity index (χ0n) is 9.04. The van der Waals surface area contributed by atoms with Crippen molar-refractivity contribution in [3.8, 4) is 5.75 Å². The van der Waals surface area contributed by atoms with Crippen molar-refractivity contribution >= 4 is 15.9 Å². The van der Waals surface area contributed by atoms with Gasteiger partial charge in [0, 0.05) is 16.1 Å². The number of rotatable bonds is 5. The van der Waals surface area contributed by atoms with E-state index in [0.717, 1.165) is 22.9 Å². The molecule has 0 spiro atoms. The fourth-order valence-electron chi connectivity index (χ4n) is 1.59. The number of hydrogen-bond acceptors (Lipinski definition) is 2. The Morgan fingerprint density at radius 3 is 2.80 bits per heavy atom. The van der Waals surface area contributed by atoms with Crippen LogP contribution in [0.15, 0.2) is 22.7 Å². The van der Waals surface area contributed by atoms with E-state index in [1.165, 1.54) is 12.8 Å². The van der Waals surface area contributed by atoms with Crippen LogP contribution in [0.1, 0.15) is 44.2 Å². The Morgan fingerprint density at radius 2 is 2.13 bits per heavy atom. The lowest BCUT2D eigenvalue weighted by atomic mass is 10.0. The predicted molar refractivity (Wildman–Crippen MR) is 66.9 cm³/mol. The molecule has 1 aromatic rings. The lowest BCUT2D eigenvalue weighted by Gasteiger charge is -2.13. The second-order valence-corrected chi connectivity index (χ2v) is 4.72. The molecule has 0 fully saturated rings. The molecule has 2 nitrogen and oxygen atoms in total. The first-order valence-corrected chi connectivity index (χ1v) is 6.18. The van der Waals surface area contributed by atoms with Crippen LogP contribution in [0.2, 0.25) is 0 Å². The summed E-state index contributed by atoms with van der Waals surface area (Å²) >= 11 is 3.38. The summed E-state index contributed by atoms with van der Waals surface area (Å²) in [5, 5.41) is 9.66. The van der Waals surface area contributed by atoms with Gasteiger partial charge in [-0.1, -0.05) is 42.1 Å². The summed E-state index contributed by atoms with van der Waals surface area (Å²) in [6, 6.07) is 5.33. The van der Waals surface area contributed by atoms with E-state index in [-0.39, 0.29) is 6.04 Å². The minimum Gasteiger partial charge on any atom is -0.508 e. The van der Waals surface area contributed by atoms with Gasteiger partial charge >= 0.3 is 0 Å². The standard InChI is InChI=1S/C12H18BrNO/c1-2-3-4-5-11(14)10-8-9(13)6-7-12(10)15/h6-8,11,15H,2-5,14H2,1H3/t11-/m1/s1. The van der Waals surface area contributed by atoms with Crippen molar-refractivity contribution in [2.45, 2.75) is 38.6 Å². The molecule has 0 aliphatic rings. The van der Waals surface area contributed by atoms with Crippen molar-refractivity contribution < 1.29 is 5.11 Å². The van der Waals surface area contributed by atoms with E-state index in [0.29, 0.717) is 5.75 Å². The van der Waals surface area contributed by atoms with Crippen LogP contribution in [0.5, 0.6) is 5.75 Å². The molecule has 84 valence electrons. The van der Waals surface area contributed by atoms with Crippen molar-refractivity contribution in [3.05, 3.63) is 28.2 Å².